The Bertz CT molecular complexity index is 590. The summed E-state index contributed by atoms with van der Waals surface area (Å²) in [7, 11) is 0. The molecule has 0 aliphatic rings. The highest BCUT2D eigenvalue weighted by molar-refractivity contribution is 5.69. The van der Waals surface area contributed by atoms with Crippen LogP contribution in [0.2, 0.25) is 0 Å². The summed E-state index contributed by atoms with van der Waals surface area (Å²) >= 11 is 0. The van der Waals surface area contributed by atoms with Gasteiger partial charge in [-0.15, -0.1) is 0 Å². The lowest BCUT2D eigenvalue weighted by Gasteiger charge is -2.18. The van der Waals surface area contributed by atoms with Gasteiger partial charge in [0, 0.05) is 19.6 Å². The summed E-state index contributed by atoms with van der Waals surface area (Å²) in [6.45, 7) is 9.13. The normalized spacial score (nSPS) is 12.3. The van der Waals surface area contributed by atoms with Gasteiger partial charge in [0.15, 0.2) is 0 Å². The molecular weight excluding hydrogens is 556 g/mol. The largest absolute Gasteiger partial charge is 0.463 e. The summed E-state index contributed by atoms with van der Waals surface area (Å²) < 4.78 is 17.7. The second kappa shape index (κ2) is 39.3. The van der Waals surface area contributed by atoms with E-state index in [-0.39, 0.29) is 12.1 Å². The molecule has 0 aliphatic heterocycles. The molecular formula is C41H80O4. The Labute approximate surface area is 282 Å². The first kappa shape index (κ1) is 44.1. The van der Waals surface area contributed by atoms with Crippen molar-refractivity contribution in [3.8, 4) is 0 Å². The molecule has 0 aromatic carbocycles. The van der Waals surface area contributed by atoms with E-state index in [9.17, 15) is 4.79 Å². The van der Waals surface area contributed by atoms with Crippen LogP contribution in [0.25, 0.3) is 0 Å². The predicted octanol–water partition coefficient (Wildman–Crippen LogP) is 13.3. The highest BCUT2D eigenvalue weighted by Gasteiger charge is 2.13. The number of hydrogen-bond donors (Lipinski definition) is 0. The van der Waals surface area contributed by atoms with Gasteiger partial charge in [0.25, 0.3) is 0 Å². The molecule has 0 fully saturated rings. The monoisotopic (exact) mass is 637 g/mol. The van der Waals surface area contributed by atoms with Crippen molar-refractivity contribution in [2.75, 3.05) is 26.4 Å². The van der Waals surface area contributed by atoms with E-state index in [1.165, 1.54) is 161 Å². The number of esters is 1. The molecule has 0 aromatic heterocycles. The van der Waals surface area contributed by atoms with E-state index in [1.807, 2.05) is 0 Å². The summed E-state index contributed by atoms with van der Waals surface area (Å²) in [5.74, 6) is -0.0832. The SMILES string of the molecule is CCCCCCCC/C=C\CCCCCCCCCCCC(=O)OCC(COCCCCCCCC)OCCCCCCCC. The molecule has 0 saturated carbocycles. The Morgan fingerprint density at radius 2 is 0.867 bits per heavy atom. The summed E-state index contributed by atoms with van der Waals surface area (Å²) in [4.78, 5) is 12.4. The van der Waals surface area contributed by atoms with Gasteiger partial charge in [-0.25, -0.2) is 0 Å². The zero-order valence-electron chi connectivity index (χ0n) is 30.9. The fraction of sp³-hybridized carbons (Fsp3) is 0.927. The first-order chi connectivity index (χ1) is 22.2. The van der Waals surface area contributed by atoms with Gasteiger partial charge in [0.1, 0.15) is 12.7 Å². The van der Waals surface area contributed by atoms with Crippen molar-refractivity contribution in [3.63, 3.8) is 0 Å². The van der Waals surface area contributed by atoms with E-state index in [0.29, 0.717) is 19.6 Å². The van der Waals surface area contributed by atoms with Gasteiger partial charge in [0.2, 0.25) is 0 Å². The first-order valence-electron chi connectivity index (χ1n) is 20.2. The standard InChI is InChI=1S/C41H80O4/c1-4-7-10-13-16-17-18-19-20-21-22-23-24-25-26-27-28-29-32-35-41(42)45-39-40(44-37-34-31-15-12-9-6-3)38-43-36-33-30-14-11-8-5-2/h19-20,40H,4-18,21-39H2,1-3H3/b20-19-. The van der Waals surface area contributed by atoms with E-state index < -0.39 is 0 Å². The van der Waals surface area contributed by atoms with Gasteiger partial charge >= 0.3 is 5.97 Å². The van der Waals surface area contributed by atoms with E-state index in [0.717, 1.165) is 38.9 Å². The quantitative estimate of drug-likeness (QED) is 0.0384. The molecule has 0 heterocycles. The number of hydrogen-bond acceptors (Lipinski definition) is 4. The van der Waals surface area contributed by atoms with Crippen LogP contribution in [0, 0.1) is 0 Å². The summed E-state index contributed by atoms with van der Waals surface area (Å²) in [5, 5.41) is 0. The van der Waals surface area contributed by atoms with Gasteiger partial charge in [0.05, 0.1) is 6.61 Å². The van der Waals surface area contributed by atoms with E-state index in [2.05, 4.69) is 32.9 Å². The molecule has 4 heteroatoms. The van der Waals surface area contributed by atoms with E-state index in [4.69, 9.17) is 14.2 Å². The van der Waals surface area contributed by atoms with Crippen molar-refractivity contribution in [3.05, 3.63) is 12.2 Å². The molecule has 0 spiro atoms. The van der Waals surface area contributed by atoms with Crippen LogP contribution in [0.3, 0.4) is 0 Å². The van der Waals surface area contributed by atoms with Crippen molar-refractivity contribution < 1.29 is 19.0 Å². The minimum absolute atomic E-state index is 0.0832. The molecule has 45 heavy (non-hydrogen) atoms. The zero-order valence-corrected chi connectivity index (χ0v) is 30.9. The van der Waals surface area contributed by atoms with Crippen molar-refractivity contribution >= 4 is 5.97 Å². The molecule has 1 atom stereocenters. The van der Waals surface area contributed by atoms with Gasteiger partial charge in [-0.2, -0.15) is 0 Å². The molecule has 268 valence electrons. The Morgan fingerprint density at radius 3 is 1.36 bits per heavy atom. The Balaban J connectivity index is 3.79. The fourth-order valence-corrected chi connectivity index (χ4v) is 5.78. The van der Waals surface area contributed by atoms with Gasteiger partial charge < -0.3 is 14.2 Å². The topological polar surface area (TPSA) is 44.8 Å². The number of carbonyl (C=O) groups excluding carboxylic acids is 1. The van der Waals surface area contributed by atoms with Crippen molar-refractivity contribution in [2.24, 2.45) is 0 Å². The van der Waals surface area contributed by atoms with Crippen LogP contribution in [0.15, 0.2) is 12.2 Å². The molecule has 0 aliphatic carbocycles. The van der Waals surface area contributed by atoms with Crippen LogP contribution in [0.5, 0.6) is 0 Å². The summed E-state index contributed by atoms with van der Waals surface area (Å²) in [6, 6.07) is 0. The van der Waals surface area contributed by atoms with E-state index >= 15 is 0 Å². The van der Waals surface area contributed by atoms with Gasteiger partial charge in [-0.3, -0.25) is 4.79 Å². The van der Waals surface area contributed by atoms with Crippen molar-refractivity contribution in [1.82, 2.24) is 0 Å². The number of rotatable bonds is 38. The smallest absolute Gasteiger partial charge is 0.305 e. The van der Waals surface area contributed by atoms with Gasteiger partial charge in [-0.1, -0.05) is 174 Å². The van der Waals surface area contributed by atoms with E-state index in [1.54, 1.807) is 0 Å². The number of carbonyl (C=O) groups is 1. The molecule has 4 nitrogen and oxygen atoms in total. The first-order valence-corrected chi connectivity index (χ1v) is 20.2. The third kappa shape index (κ3) is 37.5. The highest BCUT2D eigenvalue weighted by Crippen LogP contribution is 2.13. The van der Waals surface area contributed by atoms with Crippen molar-refractivity contribution in [1.29, 1.82) is 0 Å². The molecule has 0 aromatic rings. The van der Waals surface area contributed by atoms with Crippen molar-refractivity contribution in [2.45, 2.75) is 219 Å². The molecule has 0 rings (SSSR count). The summed E-state index contributed by atoms with van der Waals surface area (Å²) in [6.07, 6.45) is 42.4. The maximum Gasteiger partial charge on any atom is 0.305 e. The minimum Gasteiger partial charge on any atom is -0.463 e. The predicted molar refractivity (Wildman–Crippen MR) is 196 cm³/mol. The van der Waals surface area contributed by atoms with Gasteiger partial charge in [-0.05, 0) is 44.9 Å². The average Bonchev–Trinajstić information content (AvgIpc) is 3.05. The van der Waals surface area contributed by atoms with Crippen LogP contribution in [0.1, 0.15) is 213 Å². The Hall–Kier alpha value is -0.870. The molecule has 0 saturated heterocycles. The third-order valence-corrected chi connectivity index (χ3v) is 8.87. The summed E-state index contributed by atoms with van der Waals surface area (Å²) in [5.41, 5.74) is 0. The fourth-order valence-electron chi connectivity index (χ4n) is 5.78. The van der Waals surface area contributed by atoms with Crippen LogP contribution >= 0.6 is 0 Å². The molecule has 0 bridgehead atoms. The molecule has 0 N–H and O–H groups in total. The second-order valence-electron chi connectivity index (χ2n) is 13.5. The highest BCUT2D eigenvalue weighted by atomic mass is 16.6. The third-order valence-electron chi connectivity index (χ3n) is 8.87. The lowest BCUT2D eigenvalue weighted by molar-refractivity contribution is -0.150. The minimum atomic E-state index is -0.147. The van der Waals surface area contributed by atoms with Crippen LogP contribution in [-0.4, -0.2) is 38.5 Å². The maximum atomic E-state index is 12.4. The average molecular weight is 637 g/mol. The van der Waals surface area contributed by atoms with Crippen LogP contribution in [0.4, 0.5) is 0 Å². The van der Waals surface area contributed by atoms with Crippen LogP contribution < -0.4 is 0 Å². The number of ether oxygens (including phenoxy) is 3. The molecule has 1 unspecified atom stereocenters. The number of unbranched alkanes of at least 4 members (excludes halogenated alkanes) is 25. The Kier molecular flexibility index (Phi) is 38.5. The lowest BCUT2D eigenvalue weighted by Crippen LogP contribution is -2.28. The molecule has 0 radical (unpaired) electrons. The second-order valence-corrected chi connectivity index (χ2v) is 13.5. The maximum absolute atomic E-state index is 12.4. The molecule has 0 amide bonds. The zero-order chi connectivity index (χ0) is 32.7. The lowest BCUT2D eigenvalue weighted by atomic mass is 10.1. The number of allylic oxidation sites excluding steroid dienone is 2. The van der Waals surface area contributed by atoms with Crippen LogP contribution in [-0.2, 0) is 19.0 Å². The Morgan fingerprint density at radius 1 is 0.467 bits per heavy atom.